The Balaban J connectivity index is 1.28. The van der Waals surface area contributed by atoms with Gasteiger partial charge in [0.2, 0.25) is 0 Å². The molecule has 0 saturated carbocycles. The zero-order valence-electron chi connectivity index (χ0n) is 18.5. The van der Waals surface area contributed by atoms with Gasteiger partial charge < -0.3 is 10.1 Å². The van der Waals surface area contributed by atoms with Crippen molar-refractivity contribution in [1.82, 2.24) is 4.90 Å². The maximum absolute atomic E-state index is 12.9. The van der Waals surface area contributed by atoms with E-state index in [1.807, 2.05) is 12.1 Å². The molecule has 3 aromatic rings. The molecule has 0 aromatic heterocycles. The van der Waals surface area contributed by atoms with Crippen molar-refractivity contribution < 1.29 is 28.7 Å². The van der Waals surface area contributed by atoms with Gasteiger partial charge in [0.1, 0.15) is 0 Å². The van der Waals surface area contributed by atoms with Crippen LogP contribution in [0.25, 0.3) is 10.8 Å². The minimum Gasteiger partial charge on any atom is -0.456 e. The van der Waals surface area contributed by atoms with E-state index in [1.54, 1.807) is 42.5 Å². The predicted molar refractivity (Wildman–Crippen MR) is 125 cm³/mol. The molecule has 8 heteroatoms. The third kappa shape index (κ3) is 4.71. The number of rotatable bonds is 8. The number of carbonyl (C=O) groups excluding carboxylic acids is 5. The molecule has 0 spiro atoms. The third-order valence-corrected chi connectivity index (χ3v) is 5.54. The van der Waals surface area contributed by atoms with E-state index >= 15 is 0 Å². The molecule has 1 aliphatic heterocycles. The molecule has 1 N–H and O–H groups in total. The van der Waals surface area contributed by atoms with Crippen LogP contribution in [0.15, 0.2) is 60.7 Å². The average Bonchev–Trinajstić information content (AvgIpc) is 2.83. The quantitative estimate of drug-likeness (QED) is 0.314. The Kier molecular flexibility index (Phi) is 6.49. The van der Waals surface area contributed by atoms with Crippen LogP contribution in [0, 0.1) is 0 Å². The lowest BCUT2D eigenvalue weighted by atomic mass is 9.94. The third-order valence-electron chi connectivity index (χ3n) is 5.54. The molecular formula is C26H22N2O6. The second-order valence-electron chi connectivity index (χ2n) is 7.92. The van der Waals surface area contributed by atoms with Crippen molar-refractivity contribution in [3.63, 3.8) is 0 Å². The fourth-order valence-corrected chi connectivity index (χ4v) is 3.90. The molecule has 1 aliphatic rings. The molecule has 0 bridgehead atoms. The van der Waals surface area contributed by atoms with Crippen LogP contribution in [0.2, 0.25) is 0 Å². The molecule has 8 nitrogen and oxygen atoms in total. The zero-order valence-corrected chi connectivity index (χ0v) is 18.5. The smallest absolute Gasteiger partial charge is 0.306 e. The molecule has 3 aromatic carbocycles. The number of hydrogen-bond acceptors (Lipinski definition) is 6. The second kappa shape index (κ2) is 9.66. The van der Waals surface area contributed by atoms with Gasteiger partial charge in [0.05, 0.1) is 0 Å². The average molecular weight is 458 g/mol. The monoisotopic (exact) mass is 458 g/mol. The number of anilines is 1. The SMILES string of the molecule is CC(=O)c1cccc(NC(=O)COC(=O)CCCN2C(=O)c3cccc4cccc(c34)C2=O)c1. The molecule has 0 unspecified atom stereocenters. The van der Waals surface area contributed by atoms with E-state index < -0.39 is 30.3 Å². The van der Waals surface area contributed by atoms with E-state index in [-0.39, 0.29) is 25.2 Å². The highest BCUT2D eigenvalue weighted by Crippen LogP contribution is 2.30. The van der Waals surface area contributed by atoms with Gasteiger partial charge in [0.25, 0.3) is 17.7 Å². The van der Waals surface area contributed by atoms with Gasteiger partial charge in [-0.1, -0.05) is 36.4 Å². The summed E-state index contributed by atoms with van der Waals surface area (Å²) in [5.74, 6) is -2.08. The molecule has 0 atom stereocenters. The number of nitrogens with one attached hydrogen (secondary N) is 1. The summed E-state index contributed by atoms with van der Waals surface area (Å²) in [6.07, 6.45) is 0.146. The Labute approximate surface area is 195 Å². The Bertz CT molecular complexity index is 1280. The van der Waals surface area contributed by atoms with Crippen LogP contribution >= 0.6 is 0 Å². The first-order chi connectivity index (χ1) is 16.3. The Hall–Kier alpha value is -4.33. The largest absolute Gasteiger partial charge is 0.456 e. The van der Waals surface area contributed by atoms with E-state index in [9.17, 15) is 24.0 Å². The van der Waals surface area contributed by atoms with Crippen LogP contribution in [0.5, 0.6) is 0 Å². The number of esters is 1. The molecule has 3 amide bonds. The van der Waals surface area contributed by atoms with Gasteiger partial charge in [-0.25, -0.2) is 0 Å². The number of ketones is 1. The fraction of sp³-hybridized carbons (Fsp3) is 0.192. The maximum Gasteiger partial charge on any atom is 0.306 e. The zero-order chi connectivity index (χ0) is 24.2. The lowest BCUT2D eigenvalue weighted by molar-refractivity contribution is -0.147. The number of nitrogens with zero attached hydrogens (tertiary/aromatic N) is 1. The minimum absolute atomic E-state index is 0.0571. The van der Waals surface area contributed by atoms with Gasteiger partial charge in [-0.3, -0.25) is 28.9 Å². The van der Waals surface area contributed by atoms with Crippen LogP contribution in [0.4, 0.5) is 5.69 Å². The molecule has 172 valence electrons. The first-order valence-corrected chi connectivity index (χ1v) is 10.8. The molecule has 1 heterocycles. The number of carbonyl (C=O) groups is 5. The van der Waals surface area contributed by atoms with Crippen molar-refractivity contribution in [2.75, 3.05) is 18.5 Å². The van der Waals surface area contributed by atoms with Crippen molar-refractivity contribution in [2.45, 2.75) is 19.8 Å². The maximum atomic E-state index is 12.9. The van der Waals surface area contributed by atoms with Gasteiger partial charge in [-0.05, 0) is 43.0 Å². The molecule has 0 aliphatic carbocycles. The number of imide groups is 1. The molecule has 0 radical (unpaired) electrons. The van der Waals surface area contributed by atoms with Crippen molar-refractivity contribution in [1.29, 1.82) is 0 Å². The van der Waals surface area contributed by atoms with Crippen LogP contribution in [-0.2, 0) is 14.3 Å². The first kappa shape index (κ1) is 22.8. The van der Waals surface area contributed by atoms with Gasteiger partial charge in [0, 0.05) is 40.7 Å². The first-order valence-electron chi connectivity index (χ1n) is 10.8. The van der Waals surface area contributed by atoms with Crippen LogP contribution in [0.3, 0.4) is 0 Å². The van der Waals surface area contributed by atoms with Gasteiger partial charge in [0.15, 0.2) is 12.4 Å². The highest BCUT2D eigenvalue weighted by atomic mass is 16.5. The topological polar surface area (TPSA) is 110 Å². The number of hydrogen-bond donors (Lipinski definition) is 1. The van der Waals surface area contributed by atoms with Crippen molar-refractivity contribution in [3.8, 4) is 0 Å². The van der Waals surface area contributed by atoms with Crippen LogP contribution < -0.4 is 5.32 Å². The highest BCUT2D eigenvalue weighted by Gasteiger charge is 2.32. The summed E-state index contributed by atoms with van der Waals surface area (Å²) in [6.45, 7) is 0.995. The number of Topliss-reactive ketones (excluding diaryl/α,β-unsaturated/α-hetero) is 1. The van der Waals surface area contributed by atoms with E-state index in [1.165, 1.54) is 13.0 Å². The summed E-state index contributed by atoms with van der Waals surface area (Å²) in [6, 6.07) is 17.0. The van der Waals surface area contributed by atoms with E-state index in [4.69, 9.17) is 4.74 Å². The minimum atomic E-state index is -0.618. The number of amides is 3. The summed E-state index contributed by atoms with van der Waals surface area (Å²) >= 11 is 0. The van der Waals surface area contributed by atoms with Crippen molar-refractivity contribution in [3.05, 3.63) is 77.4 Å². The number of ether oxygens (including phenoxy) is 1. The highest BCUT2D eigenvalue weighted by molar-refractivity contribution is 6.25. The second-order valence-corrected chi connectivity index (χ2v) is 7.92. The summed E-state index contributed by atoms with van der Waals surface area (Å²) in [5, 5.41) is 4.04. The Morgan fingerprint density at radius 1 is 0.912 bits per heavy atom. The Morgan fingerprint density at radius 2 is 1.56 bits per heavy atom. The summed E-state index contributed by atoms with van der Waals surface area (Å²) in [4.78, 5) is 62.4. The summed E-state index contributed by atoms with van der Waals surface area (Å²) < 4.78 is 4.99. The molecular weight excluding hydrogens is 436 g/mol. The molecule has 0 saturated heterocycles. The van der Waals surface area contributed by atoms with Crippen LogP contribution in [0.1, 0.15) is 50.8 Å². The predicted octanol–water partition coefficient (Wildman–Crippen LogP) is 3.60. The normalized spacial score (nSPS) is 12.6. The van der Waals surface area contributed by atoms with Crippen molar-refractivity contribution in [2.24, 2.45) is 0 Å². The van der Waals surface area contributed by atoms with Gasteiger partial charge >= 0.3 is 5.97 Å². The summed E-state index contributed by atoms with van der Waals surface area (Å²) in [5.41, 5.74) is 1.79. The lowest BCUT2D eigenvalue weighted by Crippen LogP contribution is -2.41. The van der Waals surface area contributed by atoms with Gasteiger partial charge in [-0.15, -0.1) is 0 Å². The lowest BCUT2D eigenvalue weighted by Gasteiger charge is -2.27. The molecule has 34 heavy (non-hydrogen) atoms. The number of benzene rings is 3. The van der Waals surface area contributed by atoms with Crippen LogP contribution in [-0.4, -0.2) is 47.5 Å². The van der Waals surface area contributed by atoms with Crippen molar-refractivity contribution >= 4 is 45.9 Å². The van der Waals surface area contributed by atoms with E-state index in [2.05, 4.69) is 5.32 Å². The Morgan fingerprint density at radius 3 is 2.21 bits per heavy atom. The fourth-order valence-electron chi connectivity index (χ4n) is 3.90. The van der Waals surface area contributed by atoms with E-state index in [0.717, 1.165) is 10.3 Å². The molecule has 4 rings (SSSR count). The van der Waals surface area contributed by atoms with E-state index in [0.29, 0.717) is 27.8 Å². The standard InChI is InChI=1S/C26H22N2O6/c1-16(29)18-8-2-9-19(14-18)27-22(30)15-34-23(31)12-5-13-28-25(32)20-10-3-6-17-7-4-11-21(24(17)20)26(28)33/h2-4,6-11,14H,5,12-13,15H2,1H3,(H,27,30). The summed E-state index contributed by atoms with van der Waals surface area (Å²) in [7, 11) is 0. The van der Waals surface area contributed by atoms with Gasteiger partial charge in [-0.2, -0.15) is 0 Å². The molecule has 0 fully saturated rings.